The van der Waals surface area contributed by atoms with E-state index < -0.39 is 29.5 Å². The number of amides is 2. The third kappa shape index (κ3) is 4.76. The molecule has 0 aromatic heterocycles. The van der Waals surface area contributed by atoms with Crippen LogP contribution >= 0.6 is 0 Å². The number of hydrogen-bond donors (Lipinski definition) is 2. The molecule has 0 radical (unpaired) electrons. The maximum Gasteiger partial charge on any atom is 0.416 e. The zero-order valence-corrected chi connectivity index (χ0v) is 17.7. The number of methoxy groups -OCH3 is 1. The van der Waals surface area contributed by atoms with Crippen LogP contribution in [0, 0.1) is 5.92 Å². The average Bonchev–Trinajstić information content (AvgIpc) is 2.77. The molecule has 33 heavy (non-hydrogen) atoms. The van der Waals surface area contributed by atoms with E-state index in [2.05, 4.69) is 10.6 Å². The van der Waals surface area contributed by atoms with Crippen molar-refractivity contribution in [3.8, 4) is 5.75 Å². The van der Waals surface area contributed by atoms with Crippen LogP contribution in [0.2, 0.25) is 0 Å². The van der Waals surface area contributed by atoms with Gasteiger partial charge in [0.2, 0.25) is 11.8 Å². The number of nitrogens with one attached hydrogen (secondary N) is 2. The zero-order valence-electron chi connectivity index (χ0n) is 17.7. The number of hydrogen-bond acceptors (Lipinski definition) is 4. The minimum atomic E-state index is -4.56. The standard InChI is InChI=1S/C24H21F3N2O4/c1-33-17-7-5-13(6-8-17)14-9-19-22(20(30)10-14)18(12-21(31)29-19)23(32)28-16-4-2-3-15(11-16)24(25,26)27/h2-8,11,14,18H,9-10,12H2,1H3,(H,28,32)(H,29,31)/t14-,18+/m1/s1. The van der Waals surface area contributed by atoms with Crippen LogP contribution in [0.25, 0.3) is 0 Å². The largest absolute Gasteiger partial charge is 0.497 e. The van der Waals surface area contributed by atoms with Gasteiger partial charge in [0.05, 0.1) is 18.6 Å². The SMILES string of the molecule is COc1ccc([C@H]2CC(=O)C3=C(C2)NC(=O)C[C@@H]3C(=O)Nc2cccc(C(F)(F)F)c2)cc1. The molecule has 1 aliphatic heterocycles. The summed E-state index contributed by atoms with van der Waals surface area (Å²) in [6.45, 7) is 0. The first-order chi connectivity index (χ1) is 15.7. The molecule has 6 nitrogen and oxygen atoms in total. The van der Waals surface area contributed by atoms with Crippen molar-refractivity contribution in [3.63, 3.8) is 0 Å². The van der Waals surface area contributed by atoms with Crippen molar-refractivity contribution in [1.82, 2.24) is 5.32 Å². The molecule has 1 heterocycles. The van der Waals surface area contributed by atoms with Gasteiger partial charge in [-0.25, -0.2) is 0 Å². The molecule has 172 valence electrons. The summed E-state index contributed by atoms with van der Waals surface area (Å²) in [5, 5.41) is 5.15. The first-order valence-corrected chi connectivity index (χ1v) is 10.3. The summed E-state index contributed by atoms with van der Waals surface area (Å²) < 4.78 is 44.1. The number of allylic oxidation sites excluding steroid dienone is 1. The molecule has 2 aromatic carbocycles. The highest BCUT2D eigenvalue weighted by Crippen LogP contribution is 2.39. The van der Waals surface area contributed by atoms with Gasteiger partial charge in [0.15, 0.2) is 5.78 Å². The Kier molecular flexibility index (Phi) is 5.97. The Morgan fingerprint density at radius 1 is 1.06 bits per heavy atom. The lowest BCUT2D eigenvalue weighted by Crippen LogP contribution is -2.43. The Balaban J connectivity index is 1.58. The Hall–Kier alpha value is -3.62. The third-order valence-corrected chi connectivity index (χ3v) is 5.90. The Labute approximate surface area is 187 Å². The second kappa shape index (κ2) is 8.73. The molecule has 4 rings (SSSR count). The summed E-state index contributed by atoms with van der Waals surface area (Å²) >= 11 is 0. The van der Waals surface area contributed by atoms with Crippen molar-refractivity contribution in [1.29, 1.82) is 0 Å². The lowest BCUT2D eigenvalue weighted by molar-refractivity contribution is -0.137. The summed E-state index contributed by atoms with van der Waals surface area (Å²) in [5.41, 5.74) is 0.567. The number of carbonyl (C=O) groups is 3. The van der Waals surface area contributed by atoms with Crippen molar-refractivity contribution in [2.45, 2.75) is 31.4 Å². The predicted octanol–water partition coefficient (Wildman–Crippen LogP) is 4.19. The molecule has 0 saturated heterocycles. The van der Waals surface area contributed by atoms with E-state index in [1.165, 1.54) is 12.1 Å². The minimum absolute atomic E-state index is 0.0534. The number of alkyl halides is 3. The normalized spacial score (nSPS) is 20.7. The van der Waals surface area contributed by atoms with E-state index in [0.717, 1.165) is 17.7 Å². The van der Waals surface area contributed by atoms with Crippen LogP contribution in [-0.2, 0) is 20.6 Å². The molecule has 0 saturated carbocycles. The topological polar surface area (TPSA) is 84.5 Å². The average molecular weight is 458 g/mol. The lowest BCUT2D eigenvalue weighted by Gasteiger charge is -2.33. The van der Waals surface area contributed by atoms with E-state index in [9.17, 15) is 27.6 Å². The number of benzene rings is 2. The number of rotatable bonds is 4. The molecular weight excluding hydrogens is 437 g/mol. The molecule has 0 unspecified atom stereocenters. The summed E-state index contributed by atoms with van der Waals surface area (Å²) in [6, 6.07) is 11.5. The molecule has 2 N–H and O–H groups in total. The van der Waals surface area contributed by atoms with Gasteiger partial charge in [-0.2, -0.15) is 13.2 Å². The molecular formula is C24H21F3N2O4. The molecule has 2 atom stereocenters. The molecule has 2 amide bonds. The molecule has 0 fully saturated rings. The van der Waals surface area contributed by atoms with Gasteiger partial charge in [0, 0.05) is 29.8 Å². The first-order valence-electron chi connectivity index (χ1n) is 10.3. The fraction of sp³-hybridized carbons (Fsp3) is 0.292. The molecule has 1 aliphatic carbocycles. The quantitative estimate of drug-likeness (QED) is 0.720. The predicted molar refractivity (Wildman–Crippen MR) is 113 cm³/mol. The Bertz CT molecular complexity index is 1140. The summed E-state index contributed by atoms with van der Waals surface area (Å²) in [5.74, 6) is -1.92. The van der Waals surface area contributed by atoms with Crippen LogP contribution < -0.4 is 15.4 Å². The molecule has 9 heteroatoms. The Morgan fingerprint density at radius 3 is 2.45 bits per heavy atom. The Morgan fingerprint density at radius 2 is 1.79 bits per heavy atom. The summed E-state index contributed by atoms with van der Waals surface area (Å²) in [4.78, 5) is 38.3. The monoisotopic (exact) mass is 458 g/mol. The van der Waals surface area contributed by atoms with Gasteiger partial charge in [-0.15, -0.1) is 0 Å². The van der Waals surface area contributed by atoms with Crippen molar-refractivity contribution < 1.29 is 32.3 Å². The highest BCUT2D eigenvalue weighted by molar-refractivity contribution is 6.09. The van der Waals surface area contributed by atoms with E-state index in [4.69, 9.17) is 4.74 Å². The third-order valence-electron chi connectivity index (χ3n) is 5.90. The van der Waals surface area contributed by atoms with Gasteiger partial charge in [0.1, 0.15) is 5.75 Å². The summed E-state index contributed by atoms with van der Waals surface area (Å²) in [7, 11) is 1.55. The molecule has 0 bridgehead atoms. The van der Waals surface area contributed by atoms with Crippen LogP contribution in [0.4, 0.5) is 18.9 Å². The smallest absolute Gasteiger partial charge is 0.416 e. The number of halogens is 3. The van der Waals surface area contributed by atoms with Gasteiger partial charge in [-0.1, -0.05) is 18.2 Å². The molecule has 2 aliphatic rings. The molecule has 0 spiro atoms. The van der Waals surface area contributed by atoms with E-state index in [1.807, 2.05) is 12.1 Å². The van der Waals surface area contributed by atoms with E-state index in [-0.39, 0.29) is 35.8 Å². The van der Waals surface area contributed by atoms with Crippen LogP contribution in [0.15, 0.2) is 59.8 Å². The van der Waals surface area contributed by atoms with E-state index >= 15 is 0 Å². The zero-order chi connectivity index (χ0) is 23.8. The van der Waals surface area contributed by atoms with Crippen LogP contribution in [0.3, 0.4) is 0 Å². The van der Waals surface area contributed by atoms with Crippen LogP contribution in [-0.4, -0.2) is 24.7 Å². The fourth-order valence-corrected chi connectivity index (χ4v) is 4.30. The van der Waals surface area contributed by atoms with Crippen LogP contribution in [0.5, 0.6) is 5.75 Å². The second-order valence-corrected chi connectivity index (χ2v) is 8.07. The van der Waals surface area contributed by atoms with Crippen molar-refractivity contribution in [2.75, 3.05) is 12.4 Å². The number of anilines is 1. The number of carbonyl (C=O) groups excluding carboxylic acids is 3. The van der Waals surface area contributed by atoms with Gasteiger partial charge < -0.3 is 15.4 Å². The van der Waals surface area contributed by atoms with Gasteiger partial charge >= 0.3 is 6.18 Å². The van der Waals surface area contributed by atoms with E-state index in [1.54, 1.807) is 19.2 Å². The maximum absolute atomic E-state index is 13.0. The van der Waals surface area contributed by atoms with E-state index in [0.29, 0.717) is 17.9 Å². The number of Topliss-reactive ketones (excluding diaryl/α,β-unsaturated/α-hetero) is 1. The number of ketones is 1. The minimum Gasteiger partial charge on any atom is -0.497 e. The fourth-order valence-electron chi connectivity index (χ4n) is 4.30. The number of ether oxygens (including phenoxy) is 1. The molecule has 2 aromatic rings. The van der Waals surface area contributed by atoms with Crippen molar-refractivity contribution in [2.24, 2.45) is 5.92 Å². The summed E-state index contributed by atoms with van der Waals surface area (Å²) in [6.07, 6.45) is -4.28. The van der Waals surface area contributed by atoms with Gasteiger partial charge in [-0.3, -0.25) is 14.4 Å². The first kappa shape index (κ1) is 22.6. The second-order valence-electron chi connectivity index (χ2n) is 8.07. The maximum atomic E-state index is 13.0. The van der Waals surface area contributed by atoms with Gasteiger partial charge in [-0.05, 0) is 48.2 Å². The van der Waals surface area contributed by atoms with Crippen LogP contribution in [0.1, 0.15) is 36.3 Å². The highest BCUT2D eigenvalue weighted by atomic mass is 19.4. The van der Waals surface area contributed by atoms with Crippen molar-refractivity contribution >= 4 is 23.3 Å². The van der Waals surface area contributed by atoms with Crippen molar-refractivity contribution in [3.05, 3.63) is 70.9 Å². The lowest BCUT2D eigenvalue weighted by atomic mass is 9.75. The highest BCUT2D eigenvalue weighted by Gasteiger charge is 2.41. The van der Waals surface area contributed by atoms with Gasteiger partial charge in [0.25, 0.3) is 0 Å².